The Balaban J connectivity index is 2.47. The zero-order valence-electron chi connectivity index (χ0n) is 8.86. The Bertz CT molecular complexity index is 604. The Morgan fingerprint density at radius 2 is 2.13 bits per heavy atom. The van der Waals surface area contributed by atoms with Crippen LogP contribution < -0.4 is 10.6 Å². The molecular formula is C13H12N2. The monoisotopic (exact) mass is 196 g/mol. The highest BCUT2D eigenvalue weighted by atomic mass is 14.8. The lowest BCUT2D eigenvalue weighted by atomic mass is 9.77. The van der Waals surface area contributed by atoms with Gasteiger partial charge in [-0.3, -0.25) is 0 Å². The van der Waals surface area contributed by atoms with Gasteiger partial charge in [-0.1, -0.05) is 32.1 Å². The minimum absolute atomic E-state index is 0.0799. The van der Waals surface area contributed by atoms with E-state index in [1.165, 1.54) is 16.4 Å². The fourth-order valence-corrected chi connectivity index (χ4v) is 2.35. The van der Waals surface area contributed by atoms with Crippen molar-refractivity contribution < 1.29 is 0 Å². The van der Waals surface area contributed by atoms with Gasteiger partial charge in [-0.15, -0.1) is 0 Å². The molecule has 0 atom stereocenters. The fraction of sp³-hybridized carbons (Fsp3) is 0.231. The van der Waals surface area contributed by atoms with Crippen LogP contribution >= 0.6 is 0 Å². The van der Waals surface area contributed by atoms with Gasteiger partial charge in [0, 0.05) is 16.8 Å². The highest BCUT2D eigenvalue weighted by molar-refractivity contribution is 5.86. The molecule has 1 aromatic heterocycles. The lowest BCUT2D eigenvalue weighted by Crippen LogP contribution is -2.30. The van der Waals surface area contributed by atoms with Gasteiger partial charge in [-0.05, 0) is 17.2 Å². The zero-order valence-corrected chi connectivity index (χ0v) is 8.86. The van der Waals surface area contributed by atoms with E-state index in [-0.39, 0.29) is 5.41 Å². The number of hydrogen-bond donors (Lipinski definition) is 0. The van der Waals surface area contributed by atoms with Crippen LogP contribution in [0, 0.1) is 5.41 Å². The van der Waals surface area contributed by atoms with Crippen LogP contribution in [0.25, 0.3) is 11.6 Å². The van der Waals surface area contributed by atoms with Crippen LogP contribution in [-0.2, 0) is 0 Å². The summed E-state index contributed by atoms with van der Waals surface area (Å²) in [7, 11) is 0. The van der Waals surface area contributed by atoms with Gasteiger partial charge in [0.2, 0.25) is 0 Å². The molecule has 74 valence electrons. The number of allylic oxidation sites excluding steroid dienone is 4. The number of nitrogens with zero attached hydrogens (tertiary/aromatic N) is 2. The molecule has 0 saturated carbocycles. The largest absolute Gasteiger partial charge is 0.244 e. The maximum Gasteiger partial charge on any atom is 0.116 e. The maximum atomic E-state index is 4.29. The summed E-state index contributed by atoms with van der Waals surface area (Å²) in [4.78, 5) is 8.40. The first-order valence-corrected chi connectivity index (χ1v) is 5.11. The van der Waals surface area contributed by atoms with Gasteiger partial charge in [0.1, 0.15) is 6.33 Å². The van der Waals surface area contributed by atoms with Gasteiger partial charge in [-0.2, -0.15) is 0 Å². The number of hydrogen-bond acceptors (Lipinski definition) is 2. The number of rotatable bonds is 0. The summed E-state index contributed by atoms with van der Waals surface area (Å²) in [5.41, 5.74) is 2.70. The molecule has 0 aliphatic heterocycles. The Hall–Kier alpha value is -1.70. The van der Waals surface area contributed by atoms with E-state index in [1.807, 2.05) is 6.20 Å². The minimum Gasteiger partial charge on any atom is -0.244 e. The average Bonchev–Trinajstić information content (AvgIpc) is 2.56. The Morgan fingerprint density at radius 3 is 3.00 bits per heavy atom. The summed E-state index contributed by atoms with van der Waals surface area (Å²) in [6, 6.07) is 0. The van der Waals surface area contributed by atoms with Crippen LogP contribution in [0.1, 0.15) is 13.8 Å². The summed E-state index contributed by atoms with van der Waals surface area (Å²) in [5.74, 6) is 0. The molecule has 1 aromatic rings. The van der Waals surface area contributed by atoms with Gasteiger partial charge in [-0.25, -0.2) is 9.97 Å². The van der Waals surface area contributed by atoms with Crippen molar-refractivity contribution in [3.63, 3.8) is 0 Å². The molecule has 0 saturated heterocycles. The van der Waals surface area contributed by atoms with Crippen molar-refractivity contribution in [2.75, 3.05) is 0 Å². The first kappa shape index (κ1) is 8.60. The second-order valence-corrected chi connectivity index (χ2v) is 4.54. The van der Waals surface area contributed by atoms with Crippen molar-refractivity contribution in [2.24, 2.45) is 5.41 Å². The van der Waals surface area contributed by atoms with Crippen molar-refractivity contribution in [3.05, 3.63) is 46.9 Å². The number of fused-ring (bicyclic) bond motifs is 2. The van der Waals surface area contributed by atoms with Crippen LogP contribution in [0.2, 0.25) is 0 Å². The van der Waals surface area contributed by atoms with Gasteiger partial charge in [0.05, 0.1) is 5.35 Å². The van der Waals surface area contributed by atoms with E-state index in [0.29, 0.717) is 0 Å². The standard InChI is InChI=1S/C13H12N2/c1-13(2)5-3-4-9-6-11-10(12(9)13)7-14-8-15-11/h3-8H,1-2H3. The molecule has 2 aliphatic rings. The van der Waals surface area contributed by atoms with Gasteiger partial charge >= 0.3 is 0 Å². The van der Waals surface area contributed by atoms with E-state index < -0.39 is 0 Å². The molecule has 0 radical (unpaired) electrons. The first-order valence-electron chi connectivity index (χ1n) is 5.11. The normalized spacial score (nSPS) is 20.4. The van der Waals surface area contributed by atoms with Crippen molar-refractivity contribution in [1.82, 2.24) is 9.97 Å². The van der Waals surface area contributed by atoms with Gasteiger partial charge < -0.3 is 0 Å². The van der Waals surface area contributed by atoms with E-state index >= 15 is 0 Å². The van der Waals surface area contributed by atoms with Crippen molar-refractivity contribution in [2.45, 2.75) is 13.8 Å². The molecule has 2 nitrogen and oxygen atoms in total. The van der Waals surface area contributed by atoms with Crippen LogP contribution in [-0.4, -0.2) is 9.97 Å². The summed E-state index contributed by atoms with van der Waals surface area (Å²) >= 11 is 0. The third kappa shape index (κ3) is 1.11. The lowest BCUT2D eigenvalue weighted by Gasteiger charge is -2.26. The summed E-state index contributed by atoms with van der Waals surface area (Å²) < 4.78 is 0. The van der Waals surface area contributed by atoms with Gasteiger partial charge in [0.15, 0.2) is 0 Å². The van der Waals surface area contributed by atoms with Crippen molar-refractivity contribution >= 4 is 11.6 Å². The molecule has 1 heterocycles. The molecular weight excluding hydrogens is 184 g/mol. The summed E-state index contributed by atoms with van der Waals surface area (Å²) in [6.07, 6.45) is 12.1. The zero-order chi connectivity index (χ0) is 10.5. The molecule has 0 amide bonds. The molecule has 0 spiro atoms. The number of aromatic nitrogens is 2. The van der Waals surface area contributed by atoms with E-state index in [9.17, 15) is 0 Å². The van der Waals surface area contributed by atoms with Crippen LogP contribution in [0.5, 0.6) is 0 Å². The highest BCUT2D eigenvalue weighted by Gasteiger charge is 2.27. The highest BCUT2D eigenvalue weighted by Crippen LogP contribution is 2.38. The third-order valence-electron chi connectivity index (χ3n) is 3.03. The van der Waals surface area contributed by atoms with E-state index in [2.05, 4.69) is 48.1 Å². The predicted octanol–water partition coefficient (Wildman–Crippen LogP) is 0.944. The molecule has 0 aromatic carbocycles. The molecule has 2 aliphatic carbocycles. The van der Waals surface area contributed by atoms with E-state index in [4.69, 9.17) is 0 Å². The van der Waals surface area contributed by atoms with Crippen molar-refractivity contribution in [3.8, 4) is 0 Å². The van der Waals surface area contributed by atoms with Crippen LogP contribution in [0.15, 0.2) is 36.3 Å². The summed E-state index contributed by atoms with van der Waals surface area (Å²) in [5, 5.41) is 2.22. The SMILES string of the molecule is CC1(C)C=CC=C2C=c3ncncc3=C21. The van der Waals surface area contributed by atoms with E-state index in [0.717, 1.165) is 5.35 Å². The Labute approximate surface area is 88.4 Å². The van der Waals surface area contributed by atoms with Gasteiger partial charge in [0.25, 0.3) is 0 Å². The third-order valence-corrected chi connectivity index (χ3v) is 3.03. The van der Waals surface area contributed by atoms with E-state index in [1.54, 1.807) is 6.33 Å². The summed E-state index contributed by atoms with van der Waals surface area (Å²) in [6.45, 7) is 4.45. The second kappa shape index (κ2) is 2.66. The molecule has 0 unspecified atom stereocenters. The van der Waals surface area contributed by atoms with Crippen LogP contribution in [0.4, 0.5) is 0 Å². The second-order valence-electron chi connectivity index (χ2n) is 4.54. The Morgan fingerprint density at radius 1 is 1.27 bits per heavy atom. The smallest absolute Gasteiger partial charge is 0.116 e. The first-order chi connectivity index (χ1) is 7.18. The quantitative estimate of drug-likeness (QED) is 0.617. The molecule has 2 heteroatoms. The molecule has 0 bridgehead atoms. The maximum absolute atomic E-state index is 4.29. The average molecular weight is 196 g/mol. The fourth-order valence-electron chi connectivity index (χ4n) is 2.35. The molecule has 0 N–H and O–H groups in total. The predicted molar refractivity (Wildman–Crippen MR) is 60.2 cm³/mol. The topological polar surface area (TPSA) is 25.8 Å². The van der Waals surface area contributed by atoms with Crippen LogP contribution in [0.3, 0.4) is 0 Å². The molecule has 3 rings (SSSR count). The lowest BCUT2D eigenvalue weighted by molar-refractivity contribution is 0.644. The Kier molecular flexibility index (Phi) is 1.52. The van der Waals surface area contributed by atoms with Crippen molar-refractivity contribution in [1.29, 1.82) is 0 Å². The minimum atomic E-state index is 0.0799. The molecule has 15 heavy (non-hydrogen) atoms. The molecule has 0 fully saturated rings.